The maximum atomic E-state index is 11.7. The zero-order valence-electron chi connectivity index (χ0n) is 10.5. The van der Waals surface area contributed by atoms with Crippen molar-refractivity contribution in [3.8, 4) is 11.3 Å². The molecule has 1 aromatic heterocycles. The average Bonchev–Trinajstić information content (AvgIpc) is 2.83. The molecule has 0 bridgehead atoms. The first-order valence-corrected chi connectivity index (χ1v) is 5.93. The van der Waals surface area contributed by atoms with Gasteiger partial charge in [-0.15, -0.1) is 0 Å². The van der Waals surface area contributed by atoms with Crippen LogP contribution in [0.1, 0.15) is 29.0 Å². The number of carboxylic acid groups (broad SMARTS) is 1. The second-order valence-corrected chi connectivity index (χ2v) is 4.28. The summed E-state index contributed by atoms with van der Waals surface area (Å²) in [6.07, 6.45) is 1.62. The smallest absolute Gasteiger partial charge is 0.303 e. The average molecular weight is 258 g/mol. The molecule has 5 heteroatoms. The van der Waals surface area contributed by atoms with Gasteiger partial charge in [-0.25, -0.2) is 4.98 Å². The lowest BCUT2D eigenvalue weighted by atomic mass is 10.0. The van der Waals surface area contributed by atoms with E-state index < -0.39 is 5.97 Å². The number of benzene rings is 1. The first-order chi connectivity index (χ1) is 9.06. The van der Waals surface area contributed by atoms with E-state index in [0.717, 1.165) is 17.1 Å². The summed E-state index contributed by atoms with van der Waals surface area (Å²) < 4.78 is 0. The number of aryl methyl sites for hydroxylation is 1. The molecule has 5 nitrogen and oxygen atoms in total. The van der Waals surface area contributed by atoms with Gasteiger partial charge in [0.1, 0.15) is 5.82 Å². The van der Waals surface area contributed by atoms with Crippen molar-refractivity contribution in [2.45, 2.75) is 19.8 Å². The summed E-state index contributed by atoms with van der Waals surface area (Å²) in [6, 6.07) is 7.05. The van der Waals surface area contributed by atoms with Crippen LogP contribution >= 0.6 is 0 Å². The highest BCUT2D eigenvalue weighted by atomic mass is 16.4. The number of carbonyl (C=O) groups excluding carboxylic acids is 1. The monoisotopic (exact) mass is 258 g/mol. The molecular weight excluding hydrogens is 244 g/mol. The summed E-state index contributed by atoms with van der Waals surface area (Å²) in [5, 5.41) is 8.54. The SMILES string of the molecule is Cc1ncc(-c2ccc(C(=O)CCC(=O)O)cc2)[nH]1. The number of aliphatic carboxylic acids is 1. The number of rotatable bonds is 5. The van der Waals surface area contributed by atoms with Crippen LogP contribution in [0.15, 0.2) is 30.5 Å². The number of imidazole rings is 1. The highest BCUT2D eigenvalue weighted by Gasteiger charge is 2.09. The van der Waals surface area contributed by atoms with Crippen LogP contribution in [0.3, 0.4) is 0 Å². The number of aromatic nitrogens is 2. The van der Waals surface area contributed by atoms with Crippen molar-refractivity contribution >= 4 is 11.8 Å². The molecule has 0 saturated heterocycles. The summed E-state index contributed by atoms with van der Waals surface area (Å²) in [7, 11) is 0. The minimum absolute atomic E-state index is 0.0256. The van der Waals surface area contributed by atoms with Gasteiger partial charge in [0.15, 0.2) is 5.78 Å². The van der Waals surface area contributed by atoms with Crippen LogP contribution in [-0.2, 0) is 4.79 Å². The van der Waals surface area contributed by atoms with Gasteiger partial charge in [-0.1, -0.05) is 24.3 Å². The molecule has 0 spiro atoms. The van der Waals surface area contributed by atoms with E-state index in [4.69, 9.17) is 5.11 Å². The fraction of sp³-hybridized carbons (Fsp3) is 0.214. The number of Topliss-reactive ketones (excluding diaryl/α,β-unsaturated/α-hetero) is 1. The van der Waals surface area contributed by atoms with Crippen molar-refractivity contribution in [2.75, 3.05) is 0 Å². The molecule has 0 aliphatic heterocycles. The summed E-state index contributed by atoms with van der Waals surface area (Å²) in [5.41, 5.74) is 2.36. The zero-order chi connectivity index (χ0) is 13.8. The number of ketones is 1. The van der Waals surface area contributed by atoms with Crippen molar-refractivity contribution in [3.63, 3.8) is 0 Å². The summed E-state index contributed by atoms with van der Waals surface area (Å²) >= 11 is 0. The second kappa shape index (κ2) is 5.48. The third-order valence-corrected chi connectivity index (χ3v) is 2.79. The molecule has 1 heterocycles. The molecule has 2 aromatic rings. The number of carboxylic acids is 1. The van der Waals surface area contributed by atoms with Crippen LogP contribution in [0.2, 0.25) is 0 Å². The maximum Gasteiger partial charge on any atom is 0.303 e. The normalized spacial score (nSPS) is 10.4. The summed E-state index contributed by atoms with van der Waals surface area (Å²) in [4.78, 5) is 29.3. The fourth-order valence-corrected chi connectivity index (χ4v) is 1.77. The van der Waals surface area contributed by atoms with Gasteiger partial charge in [0.05, 0.1) is 18.3 Å². The molecular formula is C14H14N2O3. The number of nitrogens with one attached hydrogen (secondary N) is 1. The quantitative estimate of drug-likeness (QED) is 0.807. The van der Waals surface area contributed by atoms with Crippen LogP contribution in [0.5, 0.6) is 0 Å². The van der Waals surface area contributed by atoms with Crippen LogP contribution in [0, 0.1) is 6.92 Å². The largest absolute Gasteiger partial charge is 0.481 e. The van der Waals surface area contributed by atoms with E-state index in [1.807, 2.05) is 19.1 Å². The Morgan fingerprint density at radius 1 is 1.21 bits per heavy atom. The fourth-order valence-electron chi connectivity index (χ4n) is 1.77. The van der Waals surface area contributed by atoms with E-state index in [1.54, 1.807) is 18.3 Å². The Bertz CT molecular complexity index is 599. The van der Waals surface area contributed by atoms with E-state index in [0.29, 0.717) is 5.56 Å². The molecule has 0 amide bonds. The van der Waals surface area contributed by atoms with Crippen LogP contribution in [0.4, 0.5) is 0 Å². The molecule has 0 radical (unpaired) electrons. The maximum absolute atomic E-state index is 11.7. The standard InChI is InChI=1S/C14H14N2O3/c1-9-15-8-12(16-9)10-2-4-11(5-3-10)13(17)6-7-14(18)19/h2-5,8H,6-7H2,1H3,(H,15,16)(H,18,19). The number of hydrogen-bond donors (Lipinski definition) is 2. The van der Waals surface area contributed by atoms with E-state index in [2.05, 4.69) is 9.97 Å². The van der Waals surface area contributed by atoms with Crippen molar-refractivity contribution in [1.82, 2.24) is 9.97 Å². The third-order valence-electron chi connectivity index (χ3n) is 2.79. The van der Waals surface area contributed by atoms with Crippen LogP contribution in [0.25, 0.3) is 11.3 Å². The molecule has 19 heavy (non-hydrogen) atoms. The zero-order valence-corrected chi connectivity index (χ0v) is 10.5. The predicted octanol–water partition coefficient (Wildman–Crippen LogP) is 2.43. The Balaban J connectivity index is 2.10. The van der Waals surface area contributed by atoms with Gasteiger partial charge in [-0.05, 0) is 12.5 Å². The second-order valence-electron chi connectivity index (χ2n) is 4.28. The van der Waals surface area contributed by atoms with Crippen molar-refractivity contribution in [2.24, 2.45) is 0 Å². The summed E-state index contributed by atoms with van der Waals surface area (Å²) in [6.45, 7) is 1.87. The van der Waals surface area contributed by atoms with Gasteiger partial charge in [0.2, 0.25) is 0 Å². The number of carbonyl (C=O) groups is 2. The number of hydrogen-bond acceptors (Lipinski definition) is 3. The number of nitrogens with zero attached hydrogens (tertiary/aromatic N) is 1. The Morgan fingerprint density at radius 2 is 1.89 bits per heavy atom. The van der Waals surface area contributed by atoms with E-state index in [-0.39, 0.29) is 18.6 Å². The topological polar surface area (TPSA) is 83.1 Å². The van der Waals surface area contributed by atoms with Crippen LogP contribution in [-0.4, -0.2) is 26.8 Å². The third kappa shape index (κ3) is 3.28. The Morgan fingerprint density at radius 3 is 2.42 bits per heavy atom. The van der Waals surface area contributed by atoms with E-state index in [1.165, 1.54) is 0 Å². The molecule has 0 aliphatic rings. The Hall–Kier alpha value is -2.43. The lowest BCUT2D eigenvalue weighted by Gasteiger charge is -2.01. The van der Waals surface area contributed by atoms with Gasteiger partial charge < -0.3 is 10.1 Å². The molecule has 98 valence electrons. The molecule has 0 unspecified atom stereocenters. The van der Waals surface area contributed by atoms with Gasteiger partial charge in [-0.2, -0.15) is 0 Å². The molecule has 0 atom stereocenters. The molecule has 0 aliphatic carbocycles. The number of H-pyrrole nitrogens is 1. The van der Waals surface area contributed by atoms with Crippen molar-refractivity contribution < 1.29 is 14.7 Å². The van der Waals surface area contributed by atoms with Gasteiger partial charge in [-0.3, -0.25) is 9.59 Å². The lowest BCUT2D eigenvalue weighted by Crippen LogP contribution is -2.03. The first-order valence-electron chi connectivity index (χ1n) is 5.93. The van der Waals surface area contributed by atoms with Gasteiger partial charge in [0.25, 0.3) is 0 Å². The van der Waals surface area contributed by atoms with Crippen molar-refractivity contribution in [3.05, 3.63) is 41.9 Å². The molecule has 1 aromatic carbocycles. The van der Waals surface area contributed by atoms with Crippen molar-refractivity contribution in [1.29, 1.82) is 0 Å². The lowest BCUT2D eigenvalue weighted by molar-refractivity contribution is -0.136. The molecule has 0 saturated carbocycles. The van der Waals surface area contributed by atoms with Gasteiger partial charge >= 0.3 is 5.97 Å². The summed E-state index contributed by atoms with van der Waals surface area (Å²) in [5.74, 6) is -0.288. The Kier molecular flexibility index (Phi) is 3.75. The van der Waals surface area contributed by atoms with E-state index in [9.17, 15) is 9.59 Å². The van der Waals surface area contributed by atoms with E-state index >= 15 is 0 Å². The Labute approximate surface area is 110 Å². The van der Waals surface area contributed by atoms with Crippen LogP contribution < -0.4 is 0 Å². The predicted molar refractivity (Wildman–Crippen MR) is 70.0 cm³/mol. The molecule has 2 N–H and O–H groups in total. The number of aromatic amines is 1. The minimum Gasteiger partial charge on any atom is -0.481 e. The molecule has 0 fully saturated rings. The molecule has 2 rings (SSSR count). The highest BCUT2D eigenvalue weighted by Crippen LogP contribution is 2.18. The first kappa shape index (κ1) is 13.0. The van der Waals surface area contributed by atoms with Gasteiger partial charge in [0, 0.05) is 12.0 Å². The minimum atomic E-state index is -0.960. The highest BCUT2D eigenvalue weighted by molar-refractivity contribution is 5.97.